The predicted octanol–water partition coefficient (Wildman–Crippen LogP) is 3.28. The summed E-state index contributed by atoms with van der Waals surface area (Å²) in [6, 6.07) is 5.00. The van der Waals surface area contributed by atoms with Crippen molar-refractivity contribution in [2.75, 3.05) is 20.8 Å². The lowest BCUT2D eigenvalue weighted by Crippen LogP contribution is -2.35. The van der Waals surface area contributed by atoms with Crippen LogP contribution < -0.4 is 5.32 Å². The zero-order valence-electron chi connectivity index (χ0n) is 11.2. The maximum absolute atomic E-state index is 13.7. The SMILES string of the molecule is CNC(Cc1c(F)cccc1Cl)C(C)CCOC. The van der Waals surface area contributed by atoms with E-state index < -0.39 is 0 Å². The van der Waals surface area contributed by atoms with Gasteiger partial charge in [0, 0.05) is 30.3 Å². The van der Waals surface area contributed by atoms with Crippen molar-refractivity contribution in [2.45, 2.75) is 25.8 Å². The molecular weight excluding hydrogens is 253 g/mol. The fourth-order valence-corrected chi connectivity index (χ4v) is 2.28. The Morgan fingerprint density at radius 3 is 2.72 bits per heavy atom. The number of methoxy groups -OCH3 is 1. The van der Waals surface area contributed by atoms with E-state index in [1.807, 2.05) is 7.05 Å². The van der Waals surface area contributed by atoms with Crippen LogP contribution in [0.25, 0.3) is 0 Å². The summed E-state index contributed by atoms with van der Waals surface area (Å²) in [4.78, 5) is 0. The number of likely N-dealkylation sites (N-methyl/N-ethyl adjacent to an activating group) is 1. The normalized spacial score (nSPS) is 14.5. The first-order chi connectivity index (χ1) is 8.60. The first kappa shape index (κ1) is 15.4. The van der Waals surface area contributed by atoms with Gasteiger partial charge in [0.05, 0.1) is 0 Å². The maximum atomic E-state index is 13.7. The van der Waals surface area contributed by atoms with Crippen LogP contribution >= 0.6 is 11.6 Å². The van der Waals surface area contributed by atoms with Crippen LogP contribution in [0.4, 0.5) is 4.39 Å². The van der Waals surface area contributed by atoms with E-state index in [2.05, 4.69) is 12.2 Å². The van der Waals surface area contributed by atoms with Crippen molar-refractivity contribution < 1.29 is 9.13 Å². The summed E-state index contributed by atoms with van der Waals surface area (Å²) in [5.74, 6) is 0.160. The van der Waals surface area contributed by atoms with Gasteiger partial charge in [-0.2, -0.15) is 0 Å². The number of ether oxygens (including phenoxy) is 1. The summed E-state index contributed by atoms with van der Waals surface area (Å²) in [6.45, 7) is 2.85. The van der Waals surface area contributed by atoms with Crippen LogP contribution in [-0.4, -0.2) is 26.8 Å². The van der Waals surface area contributed by atoms with E-state index >= 15 is 0 Å². The van der Waals surface area contributed by atoms with Gasteiger partial charge in [-0.3, -0.25) is 0 Å². The standard InChI is InChI=1S/C14H21ClFNO/c1-10(7-8-18-3)14(17-2)9-11-12(15)5-4-6-13(11)16/h4-6,10,14,17H,7-9H2,1-3H3. The lowest BCUT2D eigenvalue weighted by molar-refractivity contribution is 0.171. The first-order valence-corrected chi connectivity index (χ1v) is 6.57. The van der Waals surface area contributed by atoms with Crippen LogP contribution in [0.2, 0.25) is 5.02 Å². The lowest BCUT2D eigenvalue weighted by atomic mass is 9.92. The summed E-state index contributed by atoms with van der Waals surface area (Å²) in [6.07, 6.45) is 1.53. The molecule has 0 aromatic heterocycles. The molecule has 2 atom stereocenters. The quantitative estimate of drug-likeness (QED) is 0.823. The fourth-order valence-electron chi connectivity index (χ4n) is 2.04. The highest BCUT2D eigenvalue weighted by atomic mass is 35.5. The van der Waals surface area contributed by atoms with Gasteiger partial charge in [-0.25, -0.2) is 4.39 Å². The minimum Gasteiger partial charge on any atom is -0.385 e. The molecule has 0 aliphatic heterocycles. The van der Waals surface area contributed by atoms with Gasteiger partial charge in [-0.15, -0.1) is 0 Å². The number of benzene rings is 1. The fraction of sp³-hybridized carbons (Fsp3) is 0.571. The first-order valence-electron chi connectivity index (χ1n) is 6.19. The molecule has 1 aromatic rings. The van der Waals surface area contributed by atoms with Gasteiger partial charge < -0.3 is 10.1 Å². The minimum atomic E-state index is -0.235. The third-order valence-electron chi connectivity index (χ3n) is 3.32. The van der Waals surface area contributed by atoms with Crippen LogP contribution in [-0.2, 0) is 11.2 Å². The monoisotopic (exact) mass is 273 g/mol. The molecule has 0 amide bonds. The topological polar surface area (TPSA) is 21.3 Å². The Hall–Kier alpha value is -0.640. The van der Waals surface area contributed by atoms with Crippen LogP contribution in [0.1, 0.15) is 18.9 Å². The average Bonchev–Trinajstić information content (AvgIpc) is 2.35. The molecule has 18 heavy (non-hydrogen) atoms. The van der Waals surface area contributed by atoms with Crippen molar-refractivity contribution >= 4 is 11.6 Å². The van der Waals surface area contributed by atoms with Crippen LogP contribution in [0.15, 0.2) is 18.2 Å². The molecule has 2 nitrogen and oxygen atoms in total. The molecule has 102 valence electrons. The number of nitrogens with one attached hydrogen (secondary N) is 1. The van der Waals surface area contributed by atoms with Gasteiger partial charge in [-0.1, -0.05) is 24.6 Å². The molecule has 0 saturated heterocycles. The van der Waals surface area contributed by atoms with Crippen molar-refractivity contribution in [3.8, 4) is 0 Å². The summed E-state index contributed by atoms with van der Waals surface area (Å²) in [7, 11) is 3.58. The Kier molecular flexibility index (Phi) is 6.61. The molecule has 1 aromatic carbocycles. The highest BCUT2D eigenvalue weighted by molar-refractivity contribution is 6.31. The molecule has 1 N–H and O–H groups in total. The van der Waals surface area contributed by atoms with Crippen molar-refractivity contribution in [3.63, 3.8) is 0 Å². The van der Waals surface area contributed by atoms with E-state index in [0.29, 0.717) is 29.5 Å². The second kappa shape index (κ2) is 7.72. The highest BCUT2D eigenvalue weighted by Crippen LogP contribution is 2.23. The Labute approximate surface area is 113 Å². The van der Waals surface area contributed by atoms with E-state index in [-0.39, 0.29) is 11.9 Å². The average molecular weight is 274 g/mol. The summed E-state index contributed by atoms with van der Waals surface area (Å²) < 4.78 is 18.8. The largest absolute Gasteiger partial charge is 0.385 e. The molecule has 1 rings (SSSR count). The molecule has 0 saturated carbocycles. The Balaban J connectivity index is 2.73. The molecule has 2 unspecified atom stereocenters. The zero-order chi connectivity index (χ0) is 13.5. The predicted molar refractivity (Wildman–Crippen MR) is 73.6 cm³/mol. The van der Waals surface area contributed by atoms with Crippen molar-refractivity contribution in [2.24, 2.45) is 5.92 Å². The van der Waals surface area contributed by atoms with Gasteiger partial charge in [-0.05, 0) is 37.9 Å². The maximum Gasteiger partial charge on any atom is 0.127 e. The molecule has 0 heterocycles. The van der Waals surface area contributed by atoms with Gasteiger partial charge in [0.2, 0.25) is 0 Å². The third kappa shape index (κ3) is 4.23. The molecule has 0 aliphatic rings. The highest BCUT2D eigenvalue weighted by Gasteiger charge is 2.19. The van der Waals surface area contributed by atoms with Gasteiger partial charge in [0.25, 0.3) is 0 Å². The molecule has 0 bridgehead atoms. The smallest absolute Gasteiger partial charge is 0.127 e. The Morgan fingerprint density at radius 1 is 1.44 bits per heavy atom. The number of rotatable bonds is 7. The zero-order valence-corrected chi connectivity index (χ0v) is 11.9. The van der Waals surface area contributed by atoms with Gasteiger partial charge in [0.1, 0.15) is 5.82 Å². The molecule has 4 heteroatoms. The summed E-state index contributed by atoms with van der Waals surface area (Å²) in [5.41, 5.74) is 0.586. The van der Waals surface area contributed by atoms with Gasteiger partial charge in [0.15, 0.2) is 0 Å². The van der Waals surface area contributed by atoms with Crippen LogP contribution in [0.3, 0.4) is 0 Å². The summed E-state index contributed by atoms with van der Waals surface area (Å²) in [5, 5.41) is 3.73. The van der Waals surface area contributed by atoms with E-state index in [4.69, 9.17) is 16.3 Å². The molecule has 0 radical (unpaired) electrons. The summed E-state index contributed by atoms with van der Waals surface area (Å²) >= 11 is 6.05. The molecule has 0 fully saturated rings. The van der Waals surface area contributed by atoms with E-state index in [1.54, 1.807) is 19.2 Å². The second-order valence-corrected chi connectivity index (χ2v) is 4.97. The lowest BCUT2D eigenvalue weighted by Gasteiger charge is -2.24. The van der Waals surface area contributed by atoms with E-state index in [9.17, 15) is 4.39 Å². The minimum absolute atomic E-state index is 0.189. The van der Waals surface area contributed by atoms with Crippen LogP contribution in [0.5, 0.6) is 0 Å². The molecule has 0 aliphatic carbocycles. The second-order valence-electron chi connectivity index (χ2n) is 4.56. The Morgan fingerprint density at radius 2 is 2.17 bits per heavy atom. The van der Waals surface area contributed by atoms with Crippen molar-refractivity contribution in [3.05, 3.63) is 34.6 Å². The number of halogens is 2. The third-order valence-corrected chi connectivity index (χ3v) is 3.67. The molecular formula is C14H21ClFNO. The van der Waals surface area contributed by atoms with E-state index in [1.165, 1.54) is 6.07 Å². The van der Waals surface area contributed by atoms with Crippen molar-refractivity contribution in [1.29, 1.82) is 0 Å². The van der Waals surface area contributed by atoms with Crippen LogP contribution in [0, 0.1) is 11.7 Å². The number of hydrogen-bond donors (Lipinski definition) is 1. The van der Waals surface area contributed by atoms with Gasteiger partial charge >= 0.3 is 0 Å². The molecule has 0 spiro atoms. The number of hydrogen-bond acceptors (Lipinski definition) is 2. The van der Waals surface area contributed by atoms with E-state index in [0.717, 1.165) is 6.42 Å². The Bertz CT molecular complexity index is 353. The van der Waals surface area contributed by atoms with Crippen molar-refractivity contribution in [1.82, 2.24) is 5.32 Å².